The van der Waals surface area contributed by atoms with Crippen LogP contribution in [0.3, 0.4) is 0 Å². The highest BCUT2D eigenvalue weighted by Crippen LogP contribution is 2.23. The van der Waals surface area contributed by atoms with Gasteiger partial charge in [-0.3, -0.25) is 4.79 Å². The molecule has 1 atom stereocenters. The summed E-state index contributed by atoms with van der Waals surface area (Å²) >= 11 is 13.3. The number of carbonyl (C=O) groups excluding carboxylic acids is 1. The maximum Gasteiger partial charge on any atom is 0.230 e. The number of benzene rings is 2. The monoisotopic (exact) mass is 369 g/mol. The first-order valence-electron chi connectivity index (χ1n) is 7.04. The lowest BCUT2D eigenvalue weighted by Gasteiger charge is -2.13. The number of thioether (sulfide) groups is 1. The van der Waals surface area contributed by atoms with Crippen molar-refractivity contribution in [1.82, 2.24) is 5.32 Å². The average molecular weight is 370 g/mol. The molecule has 2 aromatic rings. The number of carbonyl (C=O) groups is 1. The topological polar surface area (TPSA) is 49.3 Å². The summed E-state index contributed by atoms with van der Waals surface area (Å²) in [5, 5.41) is 13.7. The molecule has 0 bridgehead atoms. The van der Waals surface area contributed by atoms with Crippen LogP contribution in [-0.4, -0.2) is 23.3 Å². The Morgan fingerprint density at radius 2 is 1.78 bits per heavy atom. The minimum absolute atomic E-state index is 0.115. The molecule has 2 aromatic carbocycles. The summed E-state index contributed by atoms with van der Waals surface area (Å²) in [6, 6.07) is 12.8. The van der Waals surface area contributed by atoms with Gasteiger partial charge in [-0.15, -0.1) is 11.8 Å². The van der Waals surface area contributed by atoms with Crippen molar-refractivity contribution >= 4 is 40.9 Å². The van der Waals surface area contributed by atoms with Crippen LogP contribution in [0.15, 0.2) is 47.4 Å². The molecule has 2 N–H and O–H groups in total. The average Bonchev–Trinajstić information content (AvgIpc) is 2.51. The SMILES string of the molecule is Cc1ccc(SCC(=O)NCC(O)c2cc(Cl)cc(Cl)c2)cc1. The molecule has 0 radical (unpaired) electrons. The van der Waals surface area contributed by atoms with Crippen molar-refractivity contribution < 1.29 is 9.90 Å². The molecule has 0 aliphatic rings. The van der Waals surface area contributed by atoms with Gasteiger partial charge in [-0.2, -0.15) is 0 Å². The highest BCUT2D eigenvalue weighted by atomic mass is 35.5. The Hall–Kier alpha value is -1.20. The van der Waals surface area contributed by atoms with Crippen LogP contribution in [-0.2, 0) is 4.79 Å². The third kappa shape index (κ3) is 6.07. The van der Waals surface area contributed by atoms with Gasteiger partial charge in [-0.05, 0) is 42.8 Å². The van der Waals surface area contributed by atoms with E-state index in [-0.39, 0.29) is 12.5 Å². The second-order valence-corrected chi connectivity index (χ2v) is 7.05. The Morgan fingerprint density at radius 3 is 2.39 bits per heavy atom. The molecule has 0 spiro atoms. The number of amides is 1. The van der Waals surface area contributed by atoms with Gasteiger partial charge in [0.1, 0.15) is 0 Å². The quantitative estimate of drug-likeness (QED) is 0.748. The summed E-state index contributed by atoms with van der Waals surface area (Å²) in [7, 11) is 0. The van der Waals surface area contributed by atoms with Gasteiger partial charge in [-0.25, -0.2) is 0 Å². The van der Waals surface area contributed by atoms with Crippen molar-refractivity contribution in [2.75, 3.05) is 12.3 Å². The Morgan fingerprint density at radius 1 is 1.17 bits per heavy atom. The number of hydrogen-bond acceptors (Lipinski definition) is 3. The van der Waals surface area contributed by atoms with Crippen molar-refractivity contribution in [3.63, 3.8) is 0 Å². The van der Waals surface area contributed by atoms with Gasteiger partial charge in [0.2, 0.25) is 5.91 Å². The number of nitrogens with one attached hydrogen (secondary N) is 1. The van der Waals surface area contributed by atoms with Crippen LogP contribution in [0, 0.1) is 6.92 Å². The first-order valence-corrected chi connectivity index (χ1v) is 8.78. The molecule has 122 valence electrons. The van der Waals surface area contributed by atoms with Crippen LogP contribution < -0.4 is 5.32 Å². The normalized spacial score (nSPS) is 12.0. The van der Waals surface area contributed by atoms with Crippen LogP contribution in [0.1, 0.15) is 17.2 Å². The van der Waals surface area contributed by atoms with E-state index in [1.54, 1.807) is 18.2 Å². The number of aliphatic hydroxyl groups is 1. The lowest BCUT2D eigenvalue weighted by molar-refractivity contribution is -0.119. The molecule has 0 aliphatic carbocycles. The van der Waals surface area contributed by atoms with Crippen molar-refractivity contribution in [3.05, 3.63) is 63.6 Å². The summed E-state index contributed by atoms with van der Waals surface area (Å²) in [5.41, 5.74) is 1.76. The molecule has 23 heavy (non-hydrogen) atoms. The third-order valence-corrected chi connectivity index (χ3v) is 4.60. The predicted molar refractivity (Wildman–Crippen MR) is 96.3 cm³/mol. The van der Waals surface area contributed by atoms with E-state index in [0.717, 1.165) is 4.90 Å². The van der Waals surface area contributed by atoms with E-state index in [1.807, 2.05) is 31.2 Å². The van der Waals surface area contributed by atoms with E-state index in [9.17, 15) is 9.90 Å². The number of hydrogen-bond donors (Lipinski definition) is 2. The lowest BCUT2D eigenvalue weighted by atomic mass is 10.1. The van der Waals surface area contributed by atoms with Gasteiger partial charge >= 0.3 is 0 Å². The Bertz CT molecular complexity index is 657. The molecule has 1 unspecified atom stereocenters. The predicted octanol–water partition coefficient (Wildman–Crippen LogP) is 4.24. The van der Waals surface area contributed by atoms with Gasteiger partial charge in [0, 0.05) is 21.5 Å². The summed E-state index contributed by atoms with van der Waals surface area (Å²) < 4.78 is 0. The summed E-state index contributed by atoms with van der Waals surface area (Å²) in [5.74, 6) is 0.161. The third-order valence-electron chi connectivity index (χ3n) is 3.15. The van der Waals surface area contributed by atoms with Crippen molar-refractivity contribution in [2.45, 2.75) is 17.9 Å². The van der Waals surface area contributed by atoms with Gasteiger partial charge in [-0.1, -0.05) is 40.9 Å². The zero-order valence-electron chi connectivity index (χ0n) is 12.6. The maximum absolute atomic E-state index is 11.9. The van der Waals surface area contributed by atoms with Crippen LogP contribution in [0.2, 0.25) is 10.0 Å². The Kier molecular flexibility index (Phi) is 6.78. The van der Waals surface area contributed by atoms with E-state index in [4.69, 9.17) is 23.2 Å². The van der Waals surface area contributed by atoms with E-state index in [1.165, 1.54) is 17.3 Å². The van der Waals surface area contributed by atoms with E-state index in [2.05, 4.69) is 5.32 Å². The number of aliphatic hydroxyl groups excluding tert-OH is 1. The highest BCUT2D eigenvalue weighted by Gasteiger charge is 2.11. The standard InChI is InChI=1S/C17H17Cl2NO2S/c1-11-2-4-15(5-3-11)23-10-17(22)20-9-16(21)12-6-13(18)8-14(19)7-12/h2-8,16,21H,9-10H2,1H3,(H,20,22). The van der Waals surface area contributed by atoms with Crippen molar-refractivity contribution in [2.24, 2.45) is 0 Å². The van der Waals surface area contributed by atoms with Gasteiger partial charge < -0.3 is 10.4 Å². The van der Waals surface area contributed by atoms with Crippen LogP contribution >= 0.6 is 35.0 Å². The molecule has 0 saturated carbocycles. The molecule has 0 aromatic heterocycles. The number of rotatable bonds is 6. The number of aryl methyl sites for hydroxylation is 1. The van der Waals surface area contributed by atoms with Crippen LogP contribution in [0.5, 0.6) is 0 Å². The highest BCUT2D eigenvalue weighted by molar-refractivity contribution is 8.00. The molecule has 3 nitrogen and oxygen atoms in total. The van der Waals surface area contributed by atoms with Crippen molar-refractivity contribution in [3.8, 4) is 0 Å². The molecule has 0 fully saturated rings. The van der Waals surface area contributed by atoms with E-state index < -0.39 is 6.10 Å². The Labute approximate surface area is 150 Å². The minimum Gasteiger partial charge on any atom is -0.387 e. The molecular weight excluding hydrogens is 353 g/mol. The zero-order chi connectivity index (χ0) is 16.8. The molecular formula is C17H17Cl2NO2S. The number of halogens is 2. The molecule has 0 heterocycles. The smallest absolute Gasteiger partial charge is 0.230 e. The lowest BCUT2D eigenvalue weighted by Crippen LogP contribution is -2.29. The van der Waals surface area contributed by atoms with E-state index >= 15 is 0 Å². The summed E-state index contributed by atoms with van der Waals surface area (Å²) in [4.78, 5) is 12.9. The van der Waals surface area contributed by atoms with E-state index in [0.29, 0.717) is 21.4 Å². The van der Waals surface area contributed by atoms with Gasteiger partial charge in [0.25, 0.3) is 0 Å². The van der Waals surface area contributed by atoms with Crippen LogP contribution in [0.4, 0.5) is 0 Å². The molecule has 6 heteroatoms. The summed E-state index contributed by atoms with van der Waals surface area (Å²) in [6.07, 6.45) is -0.848. The molecule has 0 saturated heterocycles. The zero-order valence-corrected chi connectivity index (χ0v) is 14.9. The summed E-state index contributed by atoms with van der Waals surface area (Å²) in [6.45, 7) is 2.13. The largest absolute Gasteiger partial charge is 0.387 e. The molecule has 0 aliphatic heterocycles. The van der Waals surface area contributed by atoms with Gasteiger partial charge in [0.05, 0.1) is 11.9 Å². The first kappa shape index (κ1) is 18.1. The second-order valence-electron chi connectivity index (χ2n) is 5.12. The Balaban J connectivity index is 1.80. The van der Waals surface area contributed by atoms with Gasteiger partial charge in [0.15, 0.2) is 0 Å². The second kappa shape index (κ2) is 8.60. The minimum atomic E-state index is -0.848. The molecule has 2 rings (SSSR count). The van der Waals surface area contributed by atoms with Crippen LogP contribution in [0.25, 0.3) is 0 Å². The fourth-order valence-electron chi connectivity index (χ4n) is 1.93. The fourth-order valence-corrected chi connectivity index (χ4v) is 3.20. The van der Waals surface area contributed by atoms with Crippen molar-refractivity contribution in [1.29, 1.82) is 0 Å². The fraction of sp³-hybridized carbons (Fsp3) is 0.235. The maximum atomic E-state index is 11.9. The molecule has 1 amide bonds. The first-order chi connectivity index (χ1) is 10.9.